The van der Waals surface area contributed by atoms with Crippen LogP contribution >= 0.6 is 38.1 Å². The van der Waals surface area contributed by atoms with E-state index >= 15 is 8.78 Å². The number of fused-ring (bicyclic) bond motifs is 4. The molecule has 23 heteroatoms. The fourth-order valence-electron chi connectivity index (χ4n) is 4.73. The molecule has 3 saturated heterocycles. The lowest BCUT2D eigenvalue weighted by atomic mass is 10.1. The van der Waals surface area contributed by atoms with Crippen LogP contribution in [0.4, 0.5) is 14.6 Å². The summed E-state index contributed by atoms with van der Waals surface area (Å²) in [6.45, 7) is -10.5. The molecule has 2 unspecified atom stereocenters. The molecule has 3 aromatic heterocycles. The Kier molecular flexibility index (Phi) is 7.87. The number of hydrogen-bond acceptors (Lipinski definition) is 14. The van der Waals surface area contributed by atoms with Crippen molar-refractivity contribution in [3.05, 3.63) is 45.8 Å². The Morgan fingerprint density at radius 2 is 1.60 bits per heavy atom. The van der Waals surface area contributed by atoms with Gasteiger partial charge in [-0.25, -0.2) is 37.7 Å². The van der Waals surface area contributed by atoms with Crippen LogP contribution in [0.2, 0.25) is 0 Å². The number of aromatic amines is 1. The third-order valence-electron chi connectivity index (χ3n) is 6.63. The minimum absolute atomic E-state index is 0.0289. The van der Waals surface area contributed by atoms with Gasteiger partial charge in [-0.2, -0.15) is 0 Å². The van der Waals surface area contributed by atoms with Gasteiger partial charge < -0.3 is 15.2 Å². The van der Waals surface area contributed by atoms with Gasteiger partial charge in [0.25, 0.3) is 5.56 Å². The highest BCUT2D eigenvalue weighted by Crippen LogP contribution is 2.60. The quantitative estimate of drug-likeness (QED) is 0.224. The van der Waals surface area contributed by atoms with E-state index < -0.39 is 87.3 Å². The monoisotopic (exact) mass is 671 g/mol. The van der Waals surface area contributed by atoms with Crippen molar-refractivity contribution in [1.29, 1.82) is 0 Å². The molecule has 17 nitrogen and oxygen atoms in total. The summed E-state index contributed by atoms with van der Waals surface area (Å²) in [6, 6.07) is 0.967. The van der Waals surface area contributed by atoms with E-state index in [1.54, 1.807) is 0 Å². The molecule has 0 radical (unpaired) electrons. The first-order valence-electron chi connectivity index (χ1n) is 12.0. The number of nitrogens with one attached hydrogen (secondary N) is 1. The zero-order valence-corrected chi connectivity index (χ0v) is 24.4. The van der Waals surface area contributed by atoms with Crippen LogP contribution < -0.4 is 17.0 Å². The van der Waals surface area contributed by atoms with Gasteiger partial charge in [0.2, 0.25) is 0 Å². The molecule has 0 saturated carbocycles. The number of halogens is 2. The van der Waals surface area contributed by atoms with Crippen LogP contribution in [0.3, 0.4) is 0 Å². The van der Waals surface area contributed by atoms with E-state index in [1.165, 1.54) is 10.9 Å². The number of nitrogens with two attached hydrogens (primary N) is 1. The molecule has 3 aliphatic rings. The lowest BCUT2D eigenvalue weighted by molar-refractivity contribution is -0.0588. The van der Waals surface area contributed by atoms with Gasteiger partial charge in [-0.05, 0) is 0 Å². The molecular weight excluding hydrogens is 650 g/mol. The first-order chi connectivity index (χ1) is 19.8. The Hall–Kier alpha value is -2.19. The zero-order chi connectivity index (χ0) is 30.0. The summed E-state index contributed by atoms with van der Waals surface area (Å²) in [4.78, 5) is 37.8. The lowest BCUT2D eigenvalue weighted by Gasteiger charge is -2.26. The molecule has 228 valence electrons. The normalized spacial score (nSPS) is 39.3. The van der Waals surface area contributed by atoms with Crippen LogP contribution in [0.15, 0.2) is 34.5 Å². The maximum atomic E-state index is 15.9. The maximum absolute atomic E-state index is 15.9. The summed E-state index contributed by atoms with van der Waals surface area (Å²) < 4.78 is 92.5. The minimum Gasteiger partial charge on any atom is -0.382 e. The van der Waals surface area contributed by atoms with Crippen molar-refractivity contribution in [1.82, 2.24) is 29.1 Å². The van der Waals surface area contributed by atoms with Crippen molar-refractivity contribution in [2.45, 2.75) is 49.2 Å². The second kappa shape index (κ2) is 11.1. The minimum atomic E-state index is -4.50. The molecule has 2 bridgehead atoms. The SMILES string of the molecule is Nc1ncnc2c1ncn2[C@@H]1O[C@@H]2COP(=O)(S)O[C@@H]3[C@H](F)[C@@H](COP(=O)(S)O[C@H]2[C@H]1F)O[C@H]3n1ccc(=O)[nH]c1=O. The summed E-state index contributed by atoms with van der Waals surface area (Å²) >= 11 is 7.81. The topological polar surface area (TPSA) is 214 Å². The van der Waals surface area contributed by atoms with Gasteiger partial charge in [-0.1, -0.05) is 24.5 Å². The summed E-state index contributed by atoms with van der Waals surface area (Å²) in [7, 11) is 0. The van der Waals surface area contributed by atoms with Crippen LogP contribution in [-0.4, -0.2) is 79.0 Å². The predicted octanol–water partition coefficient (Wildman–Crippen LogP) is 1.32. The van der Waals surface area contributed by atoms with Crippen molar-refractivity contribution >= 4 is 55.1 Å². The fourth-order valence-corrected chi connectivity index (χ4v) is 7.66. The molecule has 0 amide bonds. The second-order valence-corrected chi connectivity index (χ2v) is 15.0. The van der Waals surface area contributed by atoms with Gasteiger partial charge in [0.1, 0.15) is 36.3 Å². The number of anilines is 1. The molecule has 3 aliphatic heterocycles. The molecule has 0 spiro atoms. The molecule has 0 aliphatic carbocycles. The largest absolute Gasteiger partial charge is 0.386 e. The molecule has 6 heterocycles. The summed E-state index contributed by atoms with van der Waals surface area (Å²) in [6.07, 6.45) is -10.4. The van der Waals surface area contributed by atoms with Crippen LogP contribution in [-0.2, 0) is 36.7 Å². The van der Waals surface area contributed by atoms with E-state index in [-0.39, 0.29) is 17.0 Å². The van der Waals surface area contributed by atoms with Gasteiger partial charge >= 0.3 is 19.3 Å². The summed E-state index contributed by atoms with van der Waals surface area (Å²) in [5, 5.41) is 0. The fraction of sp³-hybridized carbons (Fsp3) is 0.526. The van der Waals surface area contributed by atoms with Gasteiger partial charge in [-0.15, -0.1) is 0 Å². The number of imidazole rings is 1. The standard InChI is InChI=1S/C19H21F2N7O10P2S2/c20-10-7-3-33-39(31,41)37-13-8(36-17(11(13)21)28-6-25-12-15(22)23-5-24-16(12)28)4-34-40(32,42)38-14(10)18(35-7)27-2-1-9(29)26-19(27)30/h1-2,5-8,10-11,13-14,17-18H,3-4H2,(H,31,41)(H,32,42)(H2,22,23,24)(H,26,29,30)/t7-,8-,10-,11-,13-,14-,17-,18-,39?,40?/m1/s1. The van der Waals surface area contributed by atoms with E-state index in [4.69, 9.17) is 33.3 Å². The number of thiol groups is 2. The molecule has 0 aromatic carbocycles. The first-order valence-corrected chi connectivity index (χ1v) is 17.4. The van der Waals surface area contributed by atoms with E-state index in [1.807, 2.05) is 4.98 Å². The third-order valence-corrected chi connectivity index (χ3v) is 9.86. The van der Waals surface area contributed by atoms with Crippen LogP contribution in [0.5, 0.6) is 0 Å². The number of hydrogen-bond donors (Lipinski definition) is 4. The Balaban J connectivity index is 1.31. The highest BCUT2D eigenvalue weighted by molar-refractivity contribution is 8.44. The van der Waals surface area contributed by atoms with Crippen LogP contribution in [0.1, 0.15) is 12.5 Å². The van der Waals surface area contributed by atoms with Gasteiger partial charge in [0.05, 0.1) is 19.5 Å². The van der Waals surface area contributed by atoms with Crippen molar-refractivity contribution in [2.24, 2.45) is 0 Å². The van der Waals surface area contributed by atoms with Crippen molar-refractivity contribution in [3.63, 3.8) is 0 Å². The summed E-state index contributed by atoms with van der Waals surface area (Å²) in [5.74, 6) is 0.0289. The van der Waals surface area contributed by atoms with Gasteiger partial charge in [0.15, 0.2) is 36.3 Å². The number of nitrogens with zero attached hydrogens (tertiary/aromatic N) is 5. The van der Waals surface area contributed by atoms with Crippen molar-refractivity contribution in [3.8, 4) is 0 Å². The Morgan fingerprint density at radius 1 is 0.929 bits per heavy atom. The maximum Gasteiger partial charge on any atom is 0.386 e. The second-order valence-electron chi connectivity index (χ2n) is 9.29. The average molecular weight is 671 g/mol. The molecule has 3 fully saturated rings. The average Bonchev–Trinajstić information content (AvgIpc) is 3.57. The molecular formula is C19H21F2N7O10P2S2. The lowest BCUT2D eigenvalue weighted by Crippen LogP contribution is -2.37. The molecule has 3 aromatic rings. The van der Waals surface area contributed by atoms with E-state index in [9.17, 15) is 18.7 Å². The number of H-pyrrole nitrogens is 1. The number of nitrogen functional groups attached to an aromatic ring is 1. The number of ether oxygens (including phenoxy) is 2. The number of aromatic nitrogens is 6. The van der Waals surface area contributed by atoms with Crippen molar-refractivity contribution < 1.29 is 45.5 Å². The highest BCUT2D eigenvalue weighted by Gasteiger charge is 2.54. The molecule has 3 N–H and O–H groups in total. The Morgan fingerprint density at radius 3 is 2.31 bits per heavy atom. The highest BCUT2D eigenvalue weighted by atomic mass is 32.7. The number of rotatable bonds is 2. The van der Waals surface area contributed by atoms with Gasteiger partial charge in [-0.3, -0.25) is 37.0 Å². The molecule has 10 atom stereocenters. The van der Waals surface area contributed by atoms with Crippen LogP contribution in [0.25, 0.3) is 11.2 Å². The Labute approximate surface area is 243 Å². The van der Waals surface area contributed by atoms with Crippen LogP contribution in [0, 0.1) is 0 Å². The molecule has 42 heavy (non-hydrogen) atoms. The zero-order valence-electron chi connectivity index (χ0n) is 20.8. The van der Waals surface area contributed by atoms with E-state index in [2.05, 4.69) is 39.4 Å². The van der Waals surface area contributed by atoms with E-state index in [0.29, 0.717) is 0 Å². The first kappa shape index (κ1) is 29.9. The smallest absolute Gasteiger partial charge is 0.382 e. The third kappa shape index (κ3) is 5.58. The van der Waals surface area contributed by atoms with Gasteiger partial charge in [0, 0.05) is 12.3 Å². The Bertz CT molecular complexity index is 1730. The number of alkyl halides is 2. The summed E-state index contributed by atoms with van der Waals surface area (Å²) in [5.41, 5.74) is 4.36. The van der Waals surface area contributed by atoms with Crippen molar-refractivity contribution in [2.75, 3.05) is 18.9 Å². The predicted molar refractivity (Wildman–Crippen MR) is 144 cm³/mol. The molecule has 6 rings (SSSR count). The van der Waals surface area contributed by atoms with E-state index in [0.717, 1.165) is 23.2 Å².